The van der Waals surface area contributed by atoms with Gasteiger partial charge in [0.2, 0.25) is 0 Å². The second kappa shape index (κ2) is 6.67. The molecule has 136 valence electrons. The lowest BCUT2D eigenvalue weighted by atomic mass is 10.1. The number of imide groups is 1. The van der Waals surface area contributed by atoms with Crippen LogP contribution in [-0.2, 0) is 14.4 Å². The van der Waals surface area contributed by atoms with Crippen LogP contribution in [0.15, 0.2) is 29.2 Å². The first-order valence-corrected chi connectivity index (χ1v) is 9.74. The first-order valence-electron chi connectivity index (χ1n) is 6.82. The van der Waals surface area contributed by atoms with E-state index in [4.69, 9.17) is 50.7 Å². The normalized spacial score (nSPS) is 14.1. The standard InChI is InChI=1S/C15H7Cl4NO5S/c1-6-2-4-7(5-3-6)26(23,24)25-20-14(21)8-9(15(20)22)11(17)13(19)12(18)10(8)16/h2-5H,1H3. The molecule has 0 bridgehead atoms. The molecule has 2 amide bonds. The third-order valence-corrected chi connectivity index (χ3v) is 6.54. The van der Waals surface area contributed by atoms with Crippen LogP contribution in [0.2, 0.25) is 20.1 Å². The maximum Gasteiger partial charge on any atom is 0.318 e. The molecule has 1 heterocycles. The van der Waals surface area contributed by atoms with Crippen LogP contribution in [0, 0.1) is 6.92 Å². The average Bonchev–Trinajstić information content (AvgIpc) is 2.83. The predicted octanol–water partition coefficient (Wildman–Crippen LogP) is 4.53. The van der Waals surface area contributed by atoms with E-state index < -0.39 is 21.9 Å². The predicted molar refractivity (Wildman–Crippen MR) is 96.4 cm³/mol. The first-order chi connectivity index (χ1) is 12.1. The summed E-state index contributed by atoms with van der Waals surface area (Å²) < 4.78 is 29.4. The molecule has 3 rings (SSSR count). The molecule has 6 nitrogen and oxygen atoms in total. The van der Waals surface area contributed by atoms with Crippen molar-refractivity contribution in [3.05, 3.63) is 61.0 Å². The van der Waals surface area contributed by atoms with Crippen molar-refractivity contribution in [3.63, 3.8) is 0 Å². The number of amides is 2. The van der Waals surface area contributed by atoms with Crippen molar-refractivity contribution < 1.29 is 22.3 Å². The molecule has 1 aliphatic heterocycles. The Bertz CT molecular complexity index is 1020. The molecule has 0 saturated carbocycles. The number of hydrogen-bond donors (Lipinski definition) is 0. The van der Waals surface area contributed by atoms with Crippen LogP contribution in [0.5, 0.6) is 0 Å². The summed E-state index contributed by atoms with van der Waals surface area (Å²) in [5, 5.41) is -1.06. The minimum Gasteiger partial charge on any atom is -0.266 e. The zero-order valence-corrected chi connectivity index (χ0v) is 16.6. The Morgan fingerprint density at radius 1 is 0.808 bits per heavy atom. The summed E-state index contributed by atoms with van der Waals surface area (Å²) in [7, 11) is -4.46. The smallest absolute Gasteiger partial charge is 0.266 e. The van der Waals surface area contributed by atoms with Crippen molar-refractivity contribution in [3.8, 4) is 0 Å². The number of hydroxylamine groups is 2. The van der Waals surface area contributed by atoms with E-state index in [9.17, 15) is 18.0 Å². The third-order valence-electron chi connectivity index (χ3n) is 3.55. The van der Waals surface area contributed by atoms with Crippen molar-refractivity contribution in [1.82, 2.24) is 5.06 Å². The van der Waals surface area contributed by atoms with Gasteiger partial charge in [0.25, 0.3) is 11.8 Å². The lowest BCUT2D eigenvalue weighted by Gasteiger charge is -2.13. The Labute approximate surface area is 168 Å². The fourth-order valence-corrected chi connectivity index (χ4v) is 4.14. The Balaban J connectivity index is 2.05. The van der Waals surface area contributed by atoms with Gasteiger partial charge in [0, 0.05) is 0 Å². The molecule has 0 N–H and O–H groups in total. The van der Waals surface area contributed by atoms with E-state index in [1.165, 1.54) is 24.3 Å². The summed E-state index contributed by atoms with van der Waals surface area (Å²) in [5.74, 6) is -2.24. The number of fused-ring (bicyclic) bond motifs is 1. The molecule has 0 fully saturated rings. The van der Waals surface area contributed by atoms with Gasteiger partial charge >= 0.3 is 10.1 Å². The maximum absolute atomic E-state index is 12.5. The van der Waals surface area contributed by atoms with Crippen LogP contribution in [0.3, 0.4) is 0 Å². The number of rotatable bonds is 3. The number of nitrogens with zero attached hydrogens (tertiary/aromatic N) is 1. The largest absolute Gasteiger partial charge is 0.318 e. The van der Waals surface area contributed by atoms with Gasteiger partial charge < -0.3 is 0 Å². The molecular weight excluding hydrogens is 448 g/mol. The van der Waals surface area contributed by atoms with Crippen LogP contribution in [0.25, 0.3) is 0 Å². The van der Waals surface area contributed by atoms with E-state index in [0.717, 1.165) is 5.56 Å². The lowest BCUT2D eigenvalue weighted by Crippen LogP contribution is -2.32. The zero-order chi connectivity index (χ0) is 19.4. The van der Waals surface area contributed by atoms with E-state index in [0.29, 0.717) is 0 Å². The molecule has 0 radical (unpaired) electrons. The number of benzene rings is 2. The van der Waals surface area contributed by atoms with Crippen molar-refractivity contribution in [2.75, 3.05) is 0 Å². The first kappa shape index (κ1) is 19.4. The zero-order valence-electron chi connectivity index (χ0n) is 12.7. The highest BCUT2D eigenvalue weighted by atomic mass is 35.5. The van der Waals surface area contributed by atoms with Crippen LogP contribution in [0.1, 0.15) is 26.3 Å². The van der Waals surface area contributed by atoms with Gasteiger partial charge in [0.1, 0.15) is 0 Å². The number of carbonyl (C=O) groups is 2. The fourth-order valence-electron chi connectivity index (χ4n) is 2.24. The molecule has 1 aliphatic rings. The van der Waals surface area contributed by atoms with Gasteiger partial charge in [0.15, 0.2) is 0 Å². The number of aryl methyl sites for hydroxylation is 1. The van der Waals surface area contributed by atoms with E-state index in [-0.39, 0.29) is 41.2 Å². The Morgan fingerprint density at radius 3 is 1.65 bits per heavy atom. The van der Waals surface area contributed by atoms with E-state index in [1.54, 1.807) is 6.92 Å². The van der Waals surface area contributed by atoms with Crippen molar-refractivity contribution in [1.29, 1.82) is 0 Å². The lowest BCUT2D eigenvalue weighted by molar-refractivity contribution is -0.0103. The molecule has 0 atom stereocenters. The molecule has 0 aromatic heterocycles. The van der Waals surface area contributed by atoms with Crippen molar-refractivity contribution in [2.45, 2.75) is 11.8 Å². The summed E-state index contributed by atoms with van der Waals surface area (Å²) in [5.41, 5.74) is 0.0536. The molecule has 2 aromatic rings. The van der Waals surface area contributed by atoms with Crippen molar-refractivity contribution >= 4 is 68.3 Å². The van der Waals surface area contributed by atoms with Gasteiger partial charge in [-0.3, -0.25) is 9.59 Å². The number of carbonyl (C=O) groups excluding carboxylic acids is 2. The SMILES string of the molecule is Cc1ccc(S(=O)(=O)ON2C(=O)c3c(Cl)c(Cl)c(Cl)c(Cl)c3C2=O)cc1. The fraction of sp³-hybridized carbons (Fsp3) is 0.0667. The highest BCUT2D eigenvalue weighted by molar-refractivity contribution is 7.86. The highest BCUT2D eigenvalue weighted by Crippen LogP contribution is 2.45. The minimum absolute atomic E-state index is 0.0598. The summed E-state index contributed by atoms with van der Waals surface area (Å²) >= 11 is 23.7. The topological polar surface area (TPSA) is 80.8 Å². The van der Waals surface area contributed by atoms with Gasteiger partial charge in [0.05, 0.1) is 36.1 Å². The molecular formula is C15H7Cl4NO5S. The monoisotopic (exact) mass is 453 g/mol. The van der Waals surface area contributed by atoms with Gasteiger partial charge in [-0.2, -0.15) is 8.42 Å². The van der Waals surface area contributed by atoms with Crippen molar-refractivity contribution in [2.24, 2.45) is 0 Å². The minimum atomic E-state index is -4.46. The summed E-state index contributed by atoms with van der Waals surface area (Å²) in [6.45, 7) is 1.76. The number of hydrogen-bond acceptors (Lipinski definition) is 5. The summed E-state index contributed by atoms with van der Waals surface area (Å²) in [6.07, 6.45) is 0. The summed E-state index contributed by atoms with van der Waals surface area (Å²) in [6, 6.07) is 5.62. The number of halogens is 4. The molecule has 11 heteroatoms. The van der Waals surface area contributed by atoms with Gasteiger partial charge in [-0.05, 0) is 19.1 Å². The molecule has 0 unspecified atom stereocenters. The van der Waals surface area contributed by atoms with E-state index >= 15 is 0 Å². The molecule has 0 spiro atoms. The molecule has 26 heavy (non-hydrogen) atoms. The average molecular weight is 455 g/mol. The van der Waals surface area contributed by atoms with E-state index in [2.05, 4.69) is 0 Å². The van der Waals surface area contributed by atoms with Gasteiger partial charge in [-0.1, -0.05) is 64.1 Å². The van der Waals surface area contributed by atoms with Gasteiger partial charge in [-0.15, -0.1) is 9.35 Å². The summed E-state index contributed by atoms with van der Waals surface area (Å²) in [4.78, 5) is 24.7. The van der Waals surface area contributed by atoms with E-state index in [1.807, 2.05) is 0 Å². The molecule has 0 aliphatic carbocycles. The molecule has 2 aromatic carbocycles. The third kappa shape index (κ3) is 2.98. The second-order valence-electron chi connectivity index (χ2n) is 5.25. The van der Waals surface area contributed by atoms with Crippen LogP contribution in [0.4, 0.5) is 0 Å². The van der Waals surface area contributed by atoms with Crippen LogP contribution >= 0.6 is 46.4 Å². The Kier molecular flexibility index (Phi) is 4.98. The van der Waals surface area contributed by atoms with Crippen LogP contribution < -0.4 is 0 Å². The maximum atomic E-state index is 12.5. The Morgan fingerprint density at radius 2 is 1.23 bits per heavy atom. The quantitative estimate of drug-likeness (QED) is 0.386. The Hall–Kier alpha value is -1.35. The second-order valence-corrected chi connectivity index (χ2v) is 8.29. The van der Waals surface area contributed by atoms with Gasteiger partial charge in [-0.25, -0.2) is 0 Å². The highest BCUT2D eigenvalue weighted by Gasteiger charge is 2.45. The van der Waals surface area contributed by atoms with Crippen LogP contribution in [-0.4, -0.2) is 25.3 Å². The molecule has 0 saturated heterocycles.